The van der Waals surface area contributed by atoms with Gasteiger partial charge in [0.25, 0.3) is 0 Å². The van der Waals surface area contributed by atoms with E-state index >= 15 is 0 Å². The average Bonchev–Trinajstić information content (AvgIpc) is 3.56. The number of aromatic nitrogens is 1. The summed E-state index contributed by atoms with van der Waals surface area (Å²) in [5.74, 6) is -0.879. The van der Waals surface area contributed by atoms with Crippen LogP contribution in [0, 0.1) is 13.8 Å². The number of carboxylic acid groups (broad SMARTS) is 1. The van der Waals surface area contributed by atoms with Crippen molar-refractivity contribution in [3.05, 3.63) is 101 Å². The quantitative estimate of drug-likeness (QED) is 0.380. The van der Waals surface area contributed by atoms with Gasteiger partial charge in [0.1, 0.15) is 0 Å². The molecule has 0 aliphatic heterocycles. The van der Waals surface area contributed by atoms with Crippen LogP contribution in [0.3, 0.4) is 0 Å². The number of rotatable bonds is 7. The molecular formula is C28H25NO4. The maximum absolute atomic E-state index is 13.5. The molecule has 1 aromatic heterocycles. The van der Waals surface area contributed by atoms with Crippen molar-refractivity contribution in [2.45, 2.75) is 38.9 Å². The van der Waals surface area contributed by atoms with Gasteiger partial charge >= 0.3 is 5.97 Å². The second kappa shape index (κ2) is 8.01. The third-order valence-electron chi connectivity index (χ3n) is 6.46. The van der Waals surface area contributed by atoms with Gasteiger partial charge in [-0.3, -0.25) is 4.79 Å². The number of carbonyl (C=O) groups excluding carboxylic acids is 1. The Morgan fingerprint density at radius 2 is 1.61 bits per heavy atom. The number of fused-ring (bicyclic) bond motifs is 1. The largest absolute Gasteiger partial charge is 0.479 e. The van der Waals surface area contributed by atoms with E-state index < -0.39 is 11.6 Å². The number of nitrogens with zero attached hydrogens (tertiary/aromatic N) is 1. The first-order valence-corrected chi connectivity index (χ1v) is 11.1. The van der Waals surface area contributed by atoms with E-state index in [4.69, 9.17) is 4.74 Å². The van der Waals surface area contributed by atoms with Crippen LogP contribution in [-0.2, 0) is 16.1 Å². The third kappa shape index (κ3) is 3.74. The van der Waals surface area contributed by atoms with E-state index in [1.54, 1.807) is 0 Å². The Kier molecular flexibility index (Phi) is 5.14. The SMILES string of the molecule is Cc1ccc(C(=O)c2c(C)n(-c3ccc(COC4(C(=O)O)CC4)cc3)c3ccccc23)cc1. The van der Waals surface area contributed by atoms with Crippen molar-refractivity contribution in [2.75, 3.05) is 0 Å². The van der Waals surface area contributed by atoms with Crippen molar-refractivity contribution < 1.29 is 19.4 Å². The van der Waals surface area contributed by atoms with E-state index in [2.05, 4.69) is 4.57 Å². The van der Waals surface area contributed by atoms with Gasteiger partial charge < -0.3 is 14.4 Å². The summed E-state index contributed by atoms with van der Waals surface area (Å²) in [7, 11) is 0. The van der Waals surface area contributed by atoms with Gasteiger partial charge in [-0.1, -0.05) is 60.2 Å². The lowest BCUT2D eigenvalue weighted by molar-refractivity contribution is -0.154. The number of carboxylic acids is 1. The Morgan fingerprint density at radius 1 is 0.939 bits per heavy atom. The summed E-state index contributed by atoms with van der Waals surface area (Å²) in [5, 5.41) is 10.2. The minimum absolute atomic E-state index is 0.0101. The second-order valence-corrected chi connectivity index (χ2v) is 8.76. The maximum Gasteiger partial charge on any atom is 0.335 e. The molecule has 0 bridgehead atoms. The first kappa shape index (κ1) is 21.2. The number of aliphatic carboxylic acids is 1. The van der Waals surface area contributed by atoms with Gasteiger partial charge in [0, 0.05) is 22.3 Å². The van der Waals surface area contributed by atoms with Crippen LogP contribution in [0.1, 0.15) is 45.6 Å². The summed E-state index contributed by atoms with van der Waals surface area (Å²) in [6.45, 7) is 4.24. The van der Waals surface area contributed by atoms with Gasteiger partial charge in [0.15, 0.2) is 11.4 Å². The highest BCUT2D eigenvalue weighted by atomic mass is 16.5. The molecule has 0 unspecified atom stereocenters. The topological polar surface area (TPSA) is 68.5 Å². The molecular weight excluding hydrogens is 414 g/mol. The van der Waals surface area contributed by atoms with Crippen LogP contribution in [0.15, 0.2) is 72.8 Å². The molecule has 33 heavy (non-hydrogen) atoms. The van der Waals surface area contributed by atoms with Crippen molar-refractivity contribution in [3.63, 3.8) is 0 Å². The summed E-state index contributed by atoms with van der Waals surface area (Å²) >= 11 is 0. The molecule has 1 aliphatic carbocycles. The molecule has 1 fully saturated rings. The molecule has 0 saturated heterocycles. The van der Waals surface area contributed by atoms with E-state index in [0.29, 0.717) is 24.0 Å². The lowest BCUT2D eigenvalue weighted by atomic mass is 10.00. The summed E-state index contributed by atoms with van der Waals surface area (Å²) in [4.78, 5) is 24.8. The zero-order valence-electron chi connectivity index (χ0n) is 18.7. The Bertz CT molecular complexity index is 1360. The van der Waals surface area contributed by atoms with Crippen LogP contribution in [0.4, 0.5) is 0 Å². The molecule has 4 aromatic rings. The molecule has 3 aromatic carbocycles. The predicted molar refractivity (Wildman–Crippen MR) is 127 cm³/mol. The third-order valence-corrected chi connectivity index (χ3v) is 6.46. The highest BCUT2D eigenvalue weighted by Crippen LogP contribution is 2.40. The van der Waals surface area contributed by atoms with Gasteiger partial charge in [0.05, 0.1) is 17.7 Å². The van der Waals surface area contributed by atoms with Crippen molar-refractivity contribution in [3.8, 4) is 5.69 Å². The molecule has 1 heterocycles. The van der Waals surface area contributed by atoms with E-state index in [9.17, 15) is 14.7 Å². The Balaban J connectivity index is 1.50. The highest BCUT2D eigenvalue weighted by molar-refractivity contribution is 6.17. The number of ketones is 1. The lowest BCUT2D eigenvalue weighted by Gasteiger charge is -2.13. The number of hydrogen-bond donors (Lipinski definition) is 1. The summed E-state index contributed by atoms with van der Waals surface area (Å²) in [6, 6.07) is 23.5. The standard InChI is InChI=1S/C28H25NO4/c1-18-7-11-21(12-8-18)26(30)25-19(2)29(24-6-4-3-5-23(24)25)22-13-9-20(10-14-22)17-33-28(15-16-28)27(31)32/h3-14H,15-17H2,1-2H3,(H,31,32). The second-order valence-electron chi connectivity index (χ2n) is 8.76. The molecule has 5 rings (SSSR count). The lowest BCUT2D eigenvalue weighted by Crippen LogP contribution is -2.25. The Hall–Kier alpha value is -3.70. The van der Waals surface area contributed by atoms with E-state index in [0.717, 1.165) is 33.4 Å². The number of para-hydroxylation sites is 1. The average molecular weight is 440 g/mol. The van der Waals surface area contributed by atoms with Crippen molar-refractivity contribution in [1.82, 2.24) is 4.57 Å². The van der Waals surface area contributed by atoms with Gasteiger partial charge in [-0.2, -0.15) is 0 Å². The number of hydrogen-bond acceptors (Lipinski definition) is 3. The van der Waals surface area contributed by atoms with Crippen LogP contribution in [0.2, 0.25) is 0 Å². The first-order chi connectivity index (χ1) is 15.9. The van der Waals surface area contributed by atoms with Crippen LogP contribution in [0.25, 0.3) is 16.6 Å². The molecule has 166 valence electrons. The molecule has 5 nitrogen and oxygen atoms in total. The monoisotopic (exact) mass is 439 g/mol. The Morgan fingerprint density at radius 3 is 2.24 bits per heavy atom. The zero-order chi connectivity index (χ0) is 23.2. The van der Waals surface area contributed by atoms with E-state index in [-0.39, 0.29) is 12.4 Å². The first-order valence-electron chi connectivity index (χ1n) is 11.1. The van der Waals surface area contributed by atoms with Crippen molar-refractivity contribution in [2.24, 2.45) is 0 Å². The smallest absolute Gasteiger partial charge is 0.335 e. The van der Waals surface area contributed by atoms with Crippen molar-refractivity contribution >= 4 is 22.7 Å². The minimum atomic E-state index is -1.00. The summed E-state index contributed by atoms with van der Waals surface area (Å²) in [5.41, 5.74) is 5.20. The number of carbonyl (C=O) groups is 2. The molecule has 0 amide bonds. The van der Waals surface area contributed by atoms with Crippen LogP contribution >= 0.6 is 0 Å². The Labute approximate surface area is 192 Å². The molecule has 5 heteroatoms. The normalized spacial score (nSPS) is 14.4. The molecule has 1 N–H and O–H groups in total. The molecule has 1 saturated carbocycles. The molecule has 0 radical (unpaired) electrons. The zero-order valence-corrected chi connectivity index (χ0v) is 18.7. The van der Waals surface area contributed by atoms with Crippen LogP contribution in [0.5, 0.6) is 0 Å². The molecule has 0 spiro atoms. The van der Waals surface area contributed by atoms with Gasteiger partial charge in [-0.15, -0.1) is 0 Å². The fraction of sp³-hybridized carbons (Fsp3) is 0.214. The van der Waals surface area contributed by atoms with Crippen LogP contribution < -0.4 is 0 Å². The fourth-order valence-corrected chi connectivity index (χ4v) is 4.33. The van der Waals surface area contributed by atoms with Gasteiger partial charge in [-0.05, 0) is 50.5 Å². The van der Waals surface area contributed by atoms with Crippen LogP contribution in [-0.4, -0.2) is 27.0 Å². The highest BCUT2D eigenvalue weighted by Gasteiger charge is 2.51. The van der Waals surface area contributed by atoms with E-state index in [1.165, 1.54) is 0 Å². The van der Waals surface area contributed by atoms with Crippen molar-refractivity contribution in [1.29, 1.82) is 0 Å². The number of benzene rings is 3. The molecule has 1 aliphatic rings. The summed E-state index contributed by atoms with van der Waals surface area (Å²) in [6.07, 6.45) is 1.12. The summed E-state index contributed by atoms with van der Waals surface area (Å²) < 4.78 is 7.77. The van der Waals surface area contributed by atoms with E-state index in [1.807, 2.05) is 86.6 Å². The number of ether oxygens (including phenoxy) is 1. The number of aryl methyl sites for hydroxylation is 1. The maximum atomic E-state index is 13.5. The molecule has 0 atom stereocenters. The fourth-order valence-electron chi connectivity index (χ4n) is 4.33. The predicted octanol–water partition coefficient (Wildman–Crippen LogP) is 5.61. The van der Waals surface area contributed by atoms with Gasteiger partial charge in [0.2, 0.25) is 0 Å². The van der Waals surface area contributed by atoms with Gasteiger partial charge in [-0.25, -0.2) is 4.79 Å². The minimum Gasteiger partial charge on any atom is -0.479 e.